The van der Waals surface area contributed by atoms with Crippen LogP contribution in [0.5, 0.6) is 5.75 Å². The smallest absolute Gasteiger partial charge is 0.206 e. The highest BCUT2D eigenvalue weighted by molar-refractivity contribution is 5.98. The molecule has 0 fully saturated rings. The molecule has 0 unspecified atom stereocenters. The summed E-state index contributed by atoms with van der Waals surface area (Å²) in [5.41, 5.74) is 11.8. The Morgan fingerprint density at radius 1 is 1.19 bits per heavy atom. The van der Waals surface area contributed by atoms with Crippen molar-refractivity contribution in [2.24, 2.45) is 13.0 Å². The first kappa shape index (κ1) is 20.8. The fourth-order valence-corrected chi connectivity index (χ4v) is 4.04. The minimum atomic E-state index is 0.539. The first-order valence-electron chi connectivity index (χ1n) is 10.4. The normalized spacial score (nSPS) is 11.5. The Kier molecular flexibility index (Phi) is 5.35. The molecule has 0 amide bonds. The van der Waals surface area contributed by atoms with Crippen LogP contribution in [0.15, 0.2) is 40.9 Å². The van der Waals surface area contributed by atoms with Crippen molar-refractivity contribution in [3.8, 4) is 28.2 Å². The Balaban J connectivity index is 1.78. The van der Waals surface area contributed by atoms with Gasteiger partial charge in [0, 0.05) is 33.1 Å². The SMILES string of the molecule is COc1cc(-c2ccc3c(nc(N(C)CC(C)C)n3C)c2N)ccc1-c1cnc(C)o1. The van der Waals surface area contributed by atoms with Gasteiger partial charge in [0.25, 0.3) is 0 Å². The van der Waals surface area contributed by atoms with E-state index in [1.807, 2.05) is 38.2 Å². The molecule has 0 atom stereocenters. The maximum Gasteiger partial charge on any atom is 0.206 e. The monoisotopic (exact) mass is 419 g/mol. The second-order valence-electron chi connectivity index (χ2n) is 8.30. The van der Waals surface area contributed by atoms with Gasteiger partial charge in [0.15, 0.2) is 11.7 Å². The minimum Gasteiger partial charge on any atom is -0.496 e. The highest BCUT2D eigenvalue weighted by atomic mass is 16.5. The molecule has 0 spiro atoms. The molecular weight excluding hydrogens is 390 g/mol. The van der Waals surface area contributed by atoms with E-state index in [0.29, 0.717) is 29.0 Å². The third-order valence-electron chi connectivity index (χ3n) is 5.45. The Hall–Kier alpha value is -3.48. The molecule has 7 nitrogen and oxygen atoms in total. The Morgan fingerprint density at radius 3 is 2.58 bits per heavy atom. The number of methoxy groups -OCH3 is 1. The number of rotatable bonds is 6. The van der Waals surface area contributed by atoms with Gasteiger partial charge in [-0.15, -0.1) is 0 Å². The molecule has 4 rings (SSSR count). The molecule has 2 N–H and O–H groups in total. The van der Waals surface area contributed by atoms with Gasteiger partial charge in [0.2, 0.25) is 5.95 Å². The first-order valence-corrected chi connectivity index (χ1v) is 10.4. The lowest BCUT2D eigenvalue weighted by molar-refractivity contribution is 0.414. The van der Waals surface area contributed by atoms with Crippen LogP contribution in [-0.2, 0) is 7.05 Å². The summed E-state index contributed by atoms with van der Waals surface area (Å²) in [4.78, 5) is 11.2. The number of nitrogens with zero attached hydrogens (tertiary/aromatic N) is 4. The average molecular weight is 420 g/mol. The van der Waals surface area contributed by atoms with Crippen molar-refractivity contribution in [2.75, 3.05) is 31.3 Å². The fraction of sp³-hybridized carbons (Fsp3) is 0.333. The lowest BCUT2D eigenvalue weighted by Crippen LogP contribution is -2.25. The summed E-state index contributed by atoms with van der Waals surface area (Å²) in [6.45, 7) is 7.13. The zero-order valence-electron chi connectivity index (χ0n) is 18.9. The van der Waals surface area contributed by atoms with Crippen LogP contribution in [0.2, 0.25) is 0 Å². The van der Waals surface area contributed by atoms with Gasteiger partial charge in [-0.1, -0.05) is 26.0 Å². The summed E-state index contributed by atoms with van der Waals surface area (Å²) in [7, 11) is 5.74. The molecule has 31 heavy (non-hydrogen) atoms. The Bertz CT molecular complexity index is 1240. The van der Waals surface area contributed by atoms with Crippen molar-refractivity contribution in [1.82, 2.24) is 14.5 Å². The molecule has 0 bridgehead atoms. The molecule has 0 saturated carbocycles. The topological polar surface area (TPSA) is 82.3 Å². The van der Waals surface area contributed by atoms with Crippen molar-refractivity contribution in [3.05, 3.63) is 42.4 Å². The van der Waals surface area contributed by atoms with E-state index < -0.39 is 0 Å². The van der Waals surface area contributed by atoms with Gasteiger partial charge in [0.1, 0.15) is 11.3 Å². The number of hydrogen-bond acceptors (Lipinski definition) is 6. The zero-order valence-corrected chi connectivity index (χ0v) is 18.9. The van der Waals surface area contributed by atoms with Gasteiger partial charge >= 0.3 is 0 Å². The number of ether oxygens (including phenoxy) is 1. The van der Waals surface area contributed by atoms with Gasteiger partial charge in [0.05, 0.1) is 30.1 Å². The first-order chi connectivity index (χ1) is 14.8. The lowest BCUT2D eigenvalue weighted by Gasteiger charge is -2.20. The predicted molar refractivity (Wildman–Crippen MR) is 125 cm³/mol. The number of fused-ring (bicyclic) bond motifs is 1. The molecule has 162 valence electrons. The number of nitrogen functional groups attached to an aromatic ring is 1. The van der Waals surface area contributed by atoms with E-state index in [4.69, 9.17) is 19.9 Å². The van der Waals surface area contributed by atoms with E-state index in [9.17, 15) is 0 Å². The van der Waals surface area contributed by atoms with Gasteiger partial charge in [-0.3, -0.25) is 0 Å². The molecule has 0 aliphatic rings. The minimum absolute atomic E-state index is 0.539. The van der Waals surface area contributed by atoms with Crippen LogP contribution in [0.25, 0.3) is 33.5 Å². The fourth-order valence-electron chi connectivity index (χ4n) is 4.04. The number of oxazole rings is 1. The highest BCUT2D eigenvalue weighted by Crippen LogP contribution is 2.38. The number of imidazole rings is 1. The zero-order chi connectivity index (χ0) is 22.3. The van der Waals surface area contributed by atoms with E-state index in [2.05, 4.69) is 41.4 Å². The van der Waals surface area contributed by atoms with Crippen LogP contribution in [0.1, 0.15) is 19.7 Å². The highest BCUT2D eigenvalue weighted by Gasteiger charge is 2.18. The summed E-state index contributed by atoms with van der Waals surface area (Å²) in [6.07, 6.45) is 1.70. The summed E-state index contributed by atoms with van der Waals surface area (Å²) in [6, 6.07) is 10.1. The Morgan fingerprint density at radius 2 is 1.94 bits per heavy atom. The number of aromatic nitrogens is 3. The van der Waals surface area contributed by atoms with Crippen molar-refractivity contribution in [2.45, 2.75) is 20.8 Å². The predicted octanol–water partition coefficient (Wildman–Crippen LogP) is 4.89. The summed E-state index contributed by atoms with van der Waals surface area (Å²) < 4.78 is 13.4. The molecule has 4 aromatic rings. The molecule has 2 heterocycles. The number of benzene rings is 2. The molecule has 0 saturated heterocycles. The van der Waals surface area contributed by atoms with Crippen LogP contribution < -0.4 is 15.4 Å². The van der Waals surface area contributed by atoms with E-state index in [-0.39, 0.29) is 0 Å². The number of aryl methyl sites for hydroxylation is 2. The van der Waals surface area contributed by atoms with Crippen LogP contribution in [0, 0.1) is 12.8 Å². The molecule has 7 heteroatoms. The third-order valence-corrected chi connectivity index (χ3v) is 5.45. The number of anilines is 2. The van der Waals surface area contributed by atoms with Crippen molar-refractivity contribution >= 4 is 22.7 Å². The second-order valence-corrected chi connectivity index (χ2v) is 8.30. The molecular formula is C24H29N5O2. The van der Waals surface area contributed by atoms with E-state index in [1.54, 1.807) is 13.3 Å². The van der Waals surface area contributed by atoms with Gasteiger partial charge in [-0.25, -0.2) is 9.97 Å². The van der Waals surface area contributed by atoms with E-state index in [0.717, 1.165) is 40.2 Å². The second kappa shape index (κ2) is 7.98. The average Bonchev–Trinajstić information content (AvgIpc) is 3.31. The Labute approximate surface area is 182 Å². The van der Waals surface area contributed by atoms with E-state index >= 15 is 0 Å². The van der Waals surface area contributed by atoms with Crippen molar-refractivity contribution in [1.29, 1.82) is 0 Å². The van der Waals surface area contributed by atoms with Crippen molar-refractivity contribution in [3.63, 3.8) is 0 Å². The van der Waals surface area contributed by atoms with E-state index in [1.165, 1.54) is 0 Å². The summed E-state index contributed by atoms with van der Waals surface area (Å²) in [5, 5.41) is 0. The van der Waals surface area contributed by atoms with Gasteiger partial charge in [-0.05, 0) is 29.7 Å². The van der Waals surface area contributed by atoms with Gasteiger partial charge < -0.3 is 24.4 Å². The van der Waals surface area contributed by atoms with Crippen LogP contribution in [0.3, 0.4) is 0 Å². The van der Waals surface area contributed by atoms with Gasteiger partial charge in [-0.2, -0.15) is 0 Å². The molecule has 0 aliphatic heterocycles. The summed E-state index contributed by atoms with van der Waals surface area (Å²) in [5.74, 6) is 3.43. The van der Waals surface area contributed by atoms with Crippen molar-refractivity contribution < 1.29 is 9.15 Å². The molecule has 2 aromatic heterocycles. The molecule has 0 aliphatic carbocycles. The van der Waals surface area contributed by atoms with Crippen LogP contribution in [-0.4, -0.2) is 35.2 Å². The third kappa shape index (κ3) is 3.71. The molecule has 2 aromatic carbocycles. The maximum atomic E-state index is 6.61. The summed E-state index contributed by atoms with van der Waals surface area (Å²) >= 11 is 0. The lowest BCUT2D eigenvalue weighted by atomic mass is 10.00. The number of nitrogens with two attached hydrogens (primary N) is 1. The maximum absolute atomic E-state index is 6.61. The largest absolute Gasteiger partial charge is 0.496 e. The quantitative estimate of drug-likeness (QED) is 0.448. The molecule has 0 radical (unpaired) electrons. The number of hydrogen-bond donors (Lipinski definition) is 1. The van der Waals surface area contributed by atoms with Crippen LogP contribution >= 0.6 is 0 Å². The standard InChI is InChI=1S/C24H29N5O2/c1-14(2)13-28(4)24-27-23-19(29(24)5)10-9-17(22(23)25)16-7-8-18(20(11-16)30-6)21-12-26-15(3)31-21/h7-12,14H,13,25H2,1-6H3. The van der Waals surface area contributed by atoms with Crippen LogP contribution in [0.4, 0.5) is 11.6 Å².